The average Bonchev–Trinajstić information content (AvgIpc) is 2.24. The first-order valence-electron chi connectivity index (χ1n) is 6.52. The van der Waals surface area contributed by atoms with Crippen LogP contribution in [0.3, 0.4) is 0 Å². The fourth-order valence-corrected chi connectivity index (χ4v) is 2.31. The van der Waals surface area contributed by atoms with Gasteiger partial charge in [-0.05, 0) is 36.9 Å². The van der Waals surface area contributed by atoms with Gasteiger partial charge in [0.05, 0.1) is 0 Å². The predicted octanol–water partition coefficient (Wildman–Crippen LogP) is 5.07. The molecule has 0 fully saturated rings. The zero-order valence-corrected chi connectivity index (χ0v) is 13.3. The molecule has 1 nitrogen and oxygen atoms in total. The Morgan fingerprint density at radius 3 is 2.50 bits per heavy atom. The van der Waals surface area contributed by atoms with Crippen LogP contribution in [0.4, 0.5) is 4.39 Å². The normalized spacial score (nSPS) is 13.7. The van der Waals surface area contributed by atoms with Crippen molar-refractivity contribution >= 4 is 15.9 Å². The minimum absolute atomic E-state index is 0.0994. The van der Waals surface area contributed by atoms with Crippen LogP contribution in [0, 0.1) is 11.2 Å². The quantitative estimate of drug-likeness (QED) is 0.800. The smallest absolute Gasteiger partial charge is 0.129 e. The molecule has 1 unspecified atom stereocenters. The van der Waals surface area contributed by atoms with Crippen LogP contribution < -0.4 is 5.32 Å². The summed E-state index contributed by atoms with van der Waals surface area (Å²) in [5.74, 6) is -0.135. The highest BCUT2D eigenvalue weighted by atomic mass is 79.9. The van der Waals surface area contributed by atoms with E-state index >= 15 is 0 Å². The van der Waals surface area contributed by atoms with E-state index in [0.717, 1.165) is 29.4 Å². The van der Waals surface area contributed by atoms with Gasteiger partial charge in [0.15, 0.2) is 0 Å². The van der Waals surface area contributed by atoms with E-state index in [4.69, 9.17) is 0 Å². The fraction of sp³-hybridized carbons (Fsp3) is 0.600. The van der Waals surface area contributed by atoms with Crippen LogP contribution in [0.1, 0.15) is 52.1 Å². The van der Waals surface area contributed by atoms with Crippen LogP contribution in [-0.2, 0) is 0 Å². The third-order valence-corrected chi connectivity index (χ3v) is 3.46. The molecule has 0 aromatic heterocycles. The molecule has 18 heavy (non-hydrogen) atoms. The van der Waals surface area contributed by atoms with Gasteiger partial charge in [-0.25, -0.2) is 4.39 Å². The van der Waals surface area contributed by atoms with E-state index in [9.17, 15) is 4.39 Å². The van der Waals surface area contributed by atoms with Crippen LogP contribution in [0.2, 0.25) is 0 Å². The lowest BCUT2D eigenvalue weighted by atomic mass is 9.87. The van der Waals surface area contributed by atoms with Gasteiger partial charge >= 0.3 is 0 Å². The maximum atomic E-state index is 14.0. The van der Waals surface area contributed by atoms with Crippen molar-refractivity contribution in [2.45, 2.75) is 46.6 Å². The Morgan fingerprint density at radius 2 is 2.00 bits per heavy atom. The minimum Gasteiger partial charge on any atom is -0.310 e. The molecule has 1 aromatic rings. The molecule has 0 bridgehead atoms. The number of benzene rings is 1. The summed E-state index contributed by atoms with van der Waals surface area (Å²) in [7, 11) is 0. The largest absolute Gasteiger partial charge is 0.310 e. The molecule has 0 amide bonds. The first kappa shape index (κ1) is 15.6. The van der Waals surface area contributed by atoms with E-state index in [-0.39, 0.29) is 17.3 Å². The number of hydrogen-bond donors (Lipinski definition) is 1. The van der Waals surface area contributed by atoms with Crippen molar-refractivity contribution in [1.82, 2.24) is 5.32 Å². The van der Waals surface area contributed by atoms with E-state index < -0.39 is 0 Å². The summed E-state index contributed by atoms with van der Waals surface area (Å²) >= 11 is 3.29. The van der Waals surface area contributed by atoms with Crippen LogP contribution >= 0.6 is 15.9 Å². The number of nitrogens with one attached hydrogen (secondary N) is 1. The van der Waals surface area contributed by atoms with E-state index in [0.29, 0.717) is 0 Å². The average molecular weight is 316 g/mol. The second-order valence-corrected chi connectivity index (χ2v) is 6.79. The van der Waals surface area contributed by atoms with Gasteiger partial charge in [-0.15, -0.1) is 0 Å². The highest BCUT2D eigenvalue weighted by Crippen LogP contribution is 2.29. The van der Waals surface area contributed by atoms with Crippen LogP contribution in [-0.4, -0.2) is 6.54 Å². The Bertz CT molecular complexity index is 385. The fourth-order valence-electron chi connectivity index (χ4n) is 1.98. The molecule has 1 rings (SSSR count). The van der Waals surface area contributed by atoms with Gasteiger partial charge in [-0.1, -0.05) is 49.7 Å². The molecule has 1 aromatic carbocycles. The van der Waals surface area contributed by atoms with Crippen molar-refractivity contribution in [2.24, 2.45) is 5.41 Å². The third kappa shape index (κ3) is 5.07. The van der Waals surface area contributed by atoms with Gasteiger partial charge in [0, 0.05) is 16.1 Å². The van der Waals surface area contributed by atoms with Crippen LogP contribution in [0.15, 0.2) is 22.7 Å². The van der Waals surface area contributed by atoms with Crippen LogP contribution in [0.5, 0.6) is 0 Å². The van der Waals surface area contributed by atoms with Gasteiger partial charge in [0.2, 0.25) is 0 Å². The van der Waals surface area contributed by atoms with Gasteiger partial charge in [-0.2, -0.15) is 0 Å². The molecule has 0 aliphatic rings. The maximum Gasteiger partial charge on any atom is 0.129 e. The van der Waals surface area contributed by atoms with Crippen molar-refractivity contribution in [2.75, 3.05) is 6.54 Å². The summed E-state index contributed by atoms with van der Waals surface area (Å²) in [5, 5.41) is 3.38. The summed E-state index contributed by atoms with van der Waals surface area (Å²) in [5.41, 5.74) is 1.05. The van der Waals surface area contributed by atoms with Crippen molar-refractivity contribution in [1.29, 1.82) is 0 Å². The molecule has 1 N–H and O–H groups in total. The molecule has 0 saturated heterocycles. The Labute approximate surface area is 118 Å². The molecule has 0 heterocycles. The topological polar surface area (TPSA) is 12.0 Å². The SMILES string of the molecule is CCNC(CCC(C)(C)C)c1ccc(Br)cc1F. The number of rotatable bonds is 5. The van der Waals surface area contributed by atoms with Crippen molar-refractivity contribution in [3.05, 3.63) is 34.1 Å². The highest BCUT2D eigenvalue weighted by molar-refractivity contribution is 9.10. The van der Waals surface area contributed by atoms with Crippen molar-refractivity contribution in [3.8, 4) is 0 Å². The lowest BCUT2D eigenvalue weighted by molar-refractivity contribution is 0.330. The molecule has 1 atom stereocenters. The zero-order chi connectivity index (χ0) is 13.8. The van der Waals surface area contributed by atoms with E-state index in [1.807, 2.05) is 12.1 Å². The van der Waals surface area contributed by atoms with Gasteiger partial charge in [0.25, 0.3) is 0 Å². The number of hydrogen-bond acceptors (Lipinski definition) is 1. The Hall–Kier alpha value is -0.410. The molecule has 0 radical (unpaired) electrons. The van der Waals surface area contributed by atoms with Gasteiger partial charge in [0.1, 0.15) is 5.82 Å². The molecule has 0 spiro atoms. The lowest BCUT2D eigenvalue weighted by Crippen LogP contribution is -2.23. The van der Waals surface area contributed by atoms with Crippen molar-refractivity contribution in [3.63, 3.8) is 0 Å². The van der Waals surface area contributed by atoms with E-state index in [1.54, 1.807) is 0 Å². The Morgan fingerprint density at radius 1 is 1.33 bits per heavy atom. The molecule has 0 aliphatic heterocycles. The van der Waals surface area contributed by atoms with Gasteiger partial charge in [-0.3, -0.25) is 0 Å². The summed E-state index contributed by atoms with van der Waals surface area (Å²) in [6, 6.07) is 5.41. The maximum absolute atomic E-state index is 14.0. The minimum atomic E-state index is -0.135. The Kier molecular flexibility index (Phi) is 5.80. The van der Waals surface area contributed by atoms with E-state index in [2.05, 4.69) is 48.9 Å². The molecular formula is C15H23BrFN. The molecule has 3 heteroatoms. The second kappa shape index (κ2) is 6.67. The summed E-state index contributed by atoms with van der Waals surface area (Å²) in [4.78, 5) is 0. The molecule has 0 saturated carbocycles. The molecular weight excluding hydrogens is 293 g/mol. The number of halogens is 2. The summed E-state index contributed by atoms with van der Waals surface area (Å²) in [6.07, 6.45) is 2.02. The lowest BCUT2D eigenvalue weighted by Gasteiger charge is -2.24. The molecule has 0 aliphatic carbocycles. The Balaban J connectivity index is 2.83. The monoisotopic (exact) mass is 315 g/mol. The summed E-state index contributed by atoms with van der Waals surface area (Å²) in [6.45, 7) is 9.56. The highest BCUT2D eigenvalue weighted by Gasteiger charge is 2.18. The van der Waals surface area contributed by atoms with Crippen molar-refractivity contribution < 1.29 is 4.39 Å². The molecule has 102 valence electrons. The summed E-state index contributed by atoms with van der Waals surface area (Å²) < 4.78 is 14.8. The van der Waals surface area contributed by atoms with E-state index in [1.165, 1.54) is 6.07 Å². The van der Waals surface area contributed by atoms with Crippen LogP contribution in [0.25, 0.3) is 0 Å². The van der Waals surface area contributed by atoms with Gasteiger partial charge < -0.3 is 5.32 Å². The zero-order valence-electron chi connectivity index (χ0n) is 11.7. The first-order chi connectivity index (χ1) is 8.33. The third-order valence-electron chi connectivity index (χ3n) is 2.97. The standard InChI is InChI=1S/C15H23BrFN/c1-5-18-14(8-9-15(2,3)4)12-7-6-11(16)10-13(12)17/h6-7,10,14,18H,5,8-9H2,1-4H3. The predicted molar refractivity (Wildman–Crippen MR) is 79.2 cm³/mol. The second-order valence-electron chi connectivity index (χ2n) is 5.88. The first-order valence-corrected chi connectivity index (χ1v) is 7.31.